The van der Waals surface area contributed by atoms with Crippen LogP contribution in [0.15, 0.2) is 0 Å². The number of nitrogens with one attached hydrogen (secondary N) is 3. The van der Waals surface area contributed by atoms with Crippen LogP contribution in [0.5, 0.6) is 0 Å². The maximum atomic E-state index is 12.6. The molecule has 0 bridgehead atoms. The number of aliphatic hydroxyl groups excluding tert-OH is 1. The van der Waals surface area contributed by atoms with Crippen molar-refractivity contribution in [1.82, 2.24) is 16.0 Å². The number of carbonyl (C=O) groups is 4. The van der Waals surface area contributed by atoms with Crippen LogP contribution in [0.4, 0.5) is 0 Å². The Morgan fingerprint density at radius 3 is 1.78 bits per heavy atom. The van der Waals surface area contributed by atoms with Gasteiger partial charge in [-0.15, -0.1) is 0 Å². The van der Waals surface area contributed by atoms with Crippen LogP contribution in [0.2, 0.25) is 0 Å². The zero-order valence-electron chi connectivity index (χ0n) is 16.5. The Hall–Kier alpha value is -2.20. The van der Waals surface area contributed by atoms with Gasteiger partial charge in [-0.05, 0) is 18.8 Å². The average Bonchev–Trinajstić information content (AvgIpc) is 2.59. The molecule has 0 aliphatic heterocycles. The number of carbonyl (C=O) groups excluding carboxylic acids is 3. The van der Waals surface area contributed by atoms with Crippen molar-refractivity contribution in [3.8, 4) is 0 Å². The molecule has 0 rings (SSSR count). The van der Waals surface area contributed by atoms with Crippen LogP contribution >= 0.6 is 0 Å². The lowest BCUT2D eigenvalue weighted by atomic mass is 9.97. The van der Waals surface area contributed by atoms with Crippen LogP contribution in [0, 0.1) is 11.8 Å². The van der Waals surface area contributed by atoms with Gasteiger partial charge in [-0.3, -0.25) is 14.4 Å². The van der Waals surface area contributed by atoms with Gasteiger partial charge in [-0.25, -0.2) is 4.79 Å². The zero-order chi connectivity index (χ0) is 21.3. The van der Waals surface area contributed by atoms with E-state index in [1.807, 2.05) is 6.92 Å². The summed E-state index contributed by atoms with van der Waals surface area (Å²) in [6, 6.07) is -4.28. The highest BCUT2D eigenvalue weighted by Gasteiger charge is 2.32. The third-order valence-corrected chi connectivity index (χ3v) is 4.25. The predicted molar refractivity (Wildman–Crippen MR) is 98.5 cm³/mol. The molecule has 0 aromatic heterocycles. The second-order valence-corrected chi connectivity index (χ2v) is 6.97. The molecule has 0 spiro atoms. The molecule has 27 heavy (non-hydrogen) atoms. The molecule has 0 aromatic carbocycles. The van der Waals surface area contributed by atoms with Gasteiger partial charge < -0.3 is 31.9 Å². The van der Waals surface area contributed by atoms with E-state index in [1.54, 1.807) is 20.8 Å². The number of aliphatic hydroxyl groups is 1. The van der Waals surface area contributed by atoms with Crippen molar-refractivity contribution in [2.75, 3.05) is 6.61 Å². The molecule has 0 fully saturated rings. The van der Waals surface area contributed by atoms with Gasteiger partial charge >= 0.3 is 5.97 Å². The molecule has 7 N–H and O–H groups in total. The molecule has 10 nitrogen and oxygen atoms in total. The Balaban J connectivity index is 5.21. The first kappa shape index (κ1) is 24.8. The van der Waals surface area contributed by atoms with Crippen LogP contribution in [0.1, 0.15) is 41.0 Å². The van der Waals surface area contributed by atoms with Crippen molar-refractivity contribution in [3.05, 3.63) is 0 Å². The van der Waals surface area contributed by atoms with Gasteiger partial charge in [0, 0.05) is 0 Å². The molecule has 10 heteroatoms. The van der Waals surface area contributed by atoms with Crippen molar-refractivity contribution in [2.24, 2.45) is 17.6 Å². The van der Waals surface area contributed by atoms with Crippen LogP contribution in [0.25, 0.3) is 0 Å². The van der Waals surface area contributed by atoms with Gasteiger partial charge in [0.1, 0.15) is 18.1 Å². The van der Waals surface area contributed by atoms with Crippen LogP contribution in [-0.4, -0.2) is 64.7 Å². The Labute approximate surface area is 159 Å². The number of aliphatic carboxylic acids is 1. The van der Waals surface area contributed by atoms with E-state index in [-0.39, 0.29) is 11.8 Å². The summed E-state index contributed by atoms with van der Waals surface area (Å²) >= 11 is 0. The van der Waals surface area contributed by atoms with Crippen molar-refractivity contribution >= 4 is 23.7 Å². The summed E-state index contributed by atoms with van der Waals surface area (Å²) < 4.78 is 0. The molecule has 0 heterocycles. The second kappa shape index (κ2) is 11.5. The summed E-state index contributed by atoms with van der Waals surface area (Å²) in [6.45, 7) is 7.57. The Morgan fingerprint density at radius 1 is 0.889 bits per heavy atom. The minimum Gasteiger partial charge on any atom is -0.480 e. The van der Waals surface area contributed by atoms with Crippen molar-refractivity contribution in [1.29, 1.82) is 0 Å². The van der Waals surface area contributed by atoms with E-state index in [4.69, 9.17) is 10.8 Å². The molecular formula is C17H32N4O6. The standard InChI is InChI=1S/C17H32N4O6/c1-6-9(4)13(21-14(23)10(5)18)16(25)19-11(7-22)15(24)20-12(8(2)3)17(26)27/h8-13,22H,6-7,18H2,1-5H3,(H,19,25)(H,20,24)(H,21,23)(H,26,27). The average molecular weight is 388 g/mol. The minimum absolute atomic E-state index is 0.252. The topological polar surface area (TPSA) is 171 Å². The summed E-state index contributed by atoms with van der Waals surface area (Å²) in [5.41, 5.74) is 5.51. The van der Waals surface area contributed by atoms with E-state index >= 15 is 0 Å². The first-order valence-corrected chi connectivity index (χ1v) is 8.96. The largest absolute Gasteiger partial charge is 0.480 e. The third kappa shape index (κ3) is 7.92. The van der Waals surface area contributed by atoms with E-state index in [1.165, 1.54) is 6.92 Å². The third-order valence-electron chi connectivity index (χ3n) is 4.25. The highest BCUT2D eigenvalue weighted by atomic mass is 16.4. The lowest BCUT2D eigenvalue weighted by Gasteiger charge is -2.27. The summed E-state index contributed by atoms with van der Waals surface area (Å²) in [4.78, 5) is 47.9. The van der Waals surface area contributed by atoms with Crippen molar-refractivity contribution in [3.63, 3.8) is 0 Å². The van der Waals surface area contributed by atoms with E-state index in [0.717, 1.165) is 0 Å². The molecule has 5 unspecified atom stereocenters. The first-order chi connectivity index (χ1) is 12.5. The molecule has 0 aliphatic rings. The van der Waals surface area contributed by atoms with Gasteiger partial charge in [0.05, 0.1) is 12.6 Å². The van der Waals surface area contributed by atoms with Crippen LogP contribution in [0.3, 0.4) is 0 Å². The number of nitrogens with two attached hydrogens (primary N) is 1. The summed E-state index contributed by atoms with van der Waals surface area (Å²) in [5.74, 6) is -3.87. The first-order valence-electron chi connectivity index (χ1n) is 8.96. The monoisotopic (exact) mass is 388 g/mol. The van der Waals surface area contributed by atoms with E-state index in [9.17, 15) is 24.3 Å². The molecule has 5 atom stereocenters. The molecule has 3 amide bonds. The fraction of sp³-hybridized carbons (Fsp3) is 0.765. The number of rotatable bonds is 11. The number of hydrogen-bond donors (Lipinski definition) is 6. The highest BCUT2D eigenvalue weighted by molar-refractivity contribution is 5.94. The fourth-order valence-electron chi connectivity index (χ4n) is 2.21. The SMILES string of the molecule is CCC(C)C(NC(=O)C(C)N)C(=O)NC(CO)C(=O)NC(C(=O)O)C(C)C. The molecule has 0 saturated heterocycles. The normalized spacial score (nSPS) is 16.6. The summed E-state index contributed by atoms with van der Waals surface area (Å²) in [5, 5.41) is 25.8. The predicted octanol–water partition coefficient (Wildman–Crippen LogP) is -1.43. The van der Waals surface area contributed by atoms with E-state index in [2.05, 4.69) is 16.0 Å². The quantitative estimate of drug-likeness (QED) is 0.252. The number of amides is 3. The Kier molecular flexibility index (Phi) is 10.6. The van der Waals surface area contributed by atoms with Gasteiger partial charge in [0.2, 0.25) is 17.7 Å². The molecule has 0 aliphatic carbocycles. The van der Waals surface area contributed by atoms with Gasteiger partial charge in [0.25, 0.3) is 0 Å². The lowest BCUT2D eigenvalue weighted by Crippen LogP contribution is -2.59. The molecule has 156 valence electrons. The van der Waals surface area contributed by atoms with Gasteiger partial charge in [-0.1, -0.05) is 34.1 Å². The Bertz CT molecular complexity index is 538. The molecular weight excluding hydrogens is 356 g/mol. The minimum atomic E-state index is -1.35. The van der Waals surface area contributed by atoms with E-state index < -0.39 is 54.5 Å². The molecule has 0 saturated carbocycles. The second-order valence-electron chi connectivity index (χ2n) is 6.97. The molecule has 0 aromatic rings. The van der Waals surface area contributed by atoms with Crippen LogP contribution in [-0.2, 0) is 19.2 Å². The maximum Gasteiger partial charge on any atom is 0.326 e. The molecule has 0 radical (unpaired) electrons. The summed E-state index contributed by atoms with van der Waals surface area (Å²) in [6.07, 6.45) is 0.571. The highest BCUT2D eigenvalue weighted by Crippen LogP contribution is 2.09. The number of carboxylic acid groups (broad SMARTS) is 1. The van der Waals surface area contributed by atoms with Gasteiger partial charge in [0.15, 0.2) is 0 Å². The van der Waals surface area contributed by atoms with Crippen molar-refractivity contribution in [2.45, 2.75) is 65.2 Å². The van der Waals surface area contributed by atoms with Gasteiger partial charge in [-0.2, -0.15) is 0 Å². The smallest absolute Gasteiger partial charge is 0.326 e. The van der Waals surface area contributed by atoms with Crippen LogP contribution < -0.4 is 21.7 Å². The maximum absolute atomic E-state index is 12.6. The van der Waals surface area contributed by atoms with E-state index in [0.29, 0.717) is 6.42 Å². The number of carboxylic acids is 1. The summed E-state index contributed by atoms with van der Waals surface area (Å²) in [7, 11) is 0. The fourth-order valence-corrected chi connectivity index (χ4v) is 2.21. The number of hydrogen-bond acceptors (Lipinski definition) is 6. The van der Waals surface area contributed by atoms with Crippen molar-refractivity contribution < 1.29 is 29.4 Å². The lowest BCUT2D eigenvalue weighted by molar-refractivity contribution is -0.144. The Morgan fingerprint density at radius 2 is 1.41 bits per heavy atom. The zero-order valence-corrected chi connectivity index (χ0v) is 16.5.